The average molecular weight is 302 g/mol. The number of anilines is 1. The van der Waals surface area contributed by atoms with Crippen LogP contribution in [0.15, 0.2) is 15.4 Å². The first-order valence-corrected chi connectivity index (χ1v) is 5.84. The maximum atomic E-state index is 12.2. The first-order chi connectivity index (χ1) is 6.73. The highest BCUT2D eigenvalue weighted by atomic mass is 79.9. The fraction of sp³-hybridized carbons (Fsp3) is 0.167. The van der Waals surface area contributed by atoms with Gasteiger partial charge in [-0.15, -0.1) is 0 Å². The third-order valence-electron chi connectivity index (χ3n) is 1.48. The summed E-state index contributed by atoms with van der Waals surface area (Å²) in [7, 11) is -4.09. The second-order valence-electron chi connectivity index (χ2n) is 2.59. The van der Waals surface area contributed by atoms with Crippen molar-refractivity contribution in [2.45, 2.75) is 11.3 Å². The second kappa shape index (κ2) is 3.99. The number of pyridine rings is 1. The van der Waals surface area contributed by atoms with E-state index in [-0.39, 0.29) is 4.47 Å². The number of rotatable bonds is 2. The third kappa shape index (κ3) is 2.61. The standard InChI is InChI=1S/C6H6BrF2N3O2S/c7-2-1-3(5(8)9)12-6(10)4(2)15(11,13)14/h1,5H,(H2,10,12)(H2,11,13,14). The summed E-state index contributed by atoms with van der Waals surface area (Å²) in [4.78, 5) is 2.74. The molecule has 0 saturated heterocycles. The molecule has 84 valence electrons. The SMILES string of the molecule is Nc1nc(C(F)F)cc(Br)c1S(N)(=O)=O. The van der Waals surface area contributed by atoms with Crippen LogP contribution in [-0.4, -0.2) is 13.4 Å². The average Bonchev–Trinajstić information content (AvgIpc) is 1.99. The maximum Gasteiger partial charge on any atom is 0.280 e. The zero-order valence-corrected chi connectivity index (χ0v) is 9.52. The number of halogens is 3. The van der Waals surface area contributed by atoms with Gasteiger partial charge in [0.1, 0.15) is 16.4 Å². The molecule has 15 heavy (non-hydrogen) atoms. The molecule has 4 N–H and O–H groups in total. The first kappa shape index (κ1) is 12.3. The van der Waals surface area contributed by atoms with Gasteiger partial charge in [-0.2, -0.15) is 0 Å². The summed E-state index contributed by atoms with van der Waals surface area (Å²) < 4.78 is 46.3. The molecular formula is C6H6BrF2N3O2S. The number of nitrogens with zero attached hydrogens (tertiary/aromatic N) is 1. The minimum atomic E-state index is -4.09. The van der Waals surface area contributed by atoms with Gasteiger partial charge < -0.3 is 5.73 Å². The normalized spacial score (nSPS) is 12.1. The topological polar surface area (TPSA) is 99.1 Å². The van der Waals surface area contributed by atoms with Crippen LogP contribution in [0.3, 0.4) is 0 Å². The smallest absolute Gasteiger partial charge is 0.280 e. The van der Waals surface area contributed by atoms with E-state index in [2.05, 4.69) is 20.9 Å². The minimum Gasteiger partial charge on any atom is -0.383 e. The second-order valence-corrected chi connectivity index (χ2v) is 4.94. The summed E-state index contributed by atoms with van der Waals surface area (Å²) in [5.74, 6) is -0.554. The number of nitrogen functional groups attached to an aromatic ring is 1. The molecule has 0 aliphatic rings. The lowest BCUT2D eigenvalue weighted by Gasteiger charge is -2.07. The summed E-state index contributed by atoms with van der Waals surface area (Å²) in [6.45, 7) is 0. The quantitative estimate of drug-likeness (QED) is 0.851. The van der Waals surface area contributed by atoms with Crippen LogP contribution < -0.4 is 10.9 Å². The Kier molecular flexibility index (Phi) is 3.26. The van der Waals surface area contributed by atoms with Gasteiger partial charge in [-0.05, 0) is 22.0 Å². The number of aromatic nitrogens is 1. The fourth-order valence-corrected chi connectivity index (χ4v) is 2.72. The van der Waals surface area contributed by atoms with Crippen LogP contribution in [0.25, 0.3) is 0 Å². The summed E-state index contributed by atoms with van der Waals surface area (Å²) >= 11 is 2.79. The molecule has 0 amide bonds. The van der Waals surface area contributed by atoms with Crippen molar-refractivity contribution in [3.05, 3.63) is 16.2 Å². The van der Waals surface area contributed by atoms with Crippen LogP contribution >= 0.6 is 15.9 Å². The Morgan fingerprint density at radius 2 is 2.00 bits per heavy atom. The molecule has 1 rings (SSSR count). The molecule has 0 radical (unpaired) electrons. The largest absolute Gasteiger partial charge is 0.383 e. The highest BCUT2D eigenvalue weighted by Gasteiger charge is 2.21. The van der Waals surface area contributed by atoms with Crippen molar-refractivity contribution >= 4 is 31.8 Å². The molecule has 0 bridgehead atoms. The predicted molar refractivity (Wildman–Crippen MR) is 52.7 cm³/mol. The van der Waals surface area contributed by atoms with Crippen molar-refractivity contribution in [1.29, 1.82) is 0 Å². The number of sulfonamides is 1. The Bertz CT molecular complexity index is 468. The fourth-order valence-electron chi connectivity index (χ4n) is 0.933. The molecule has 9 heteroatoms. The number of hydrogen-bond donors (Lipinski definition) is 2. The van der Waals surface area contributed by atoms with E-state index in [9.17, 15) is 17.2 Å². The Balaban J connectivity index is 3.48. The first-order valence-electron chi connectivity index (χ1n) is 3.50. The Morgan fingerprint density at radius 1 is 1.47 bits per heavy atom. The van der Waals surface area contributed by atoms with Crippen LogP contribution in [0.5, 0.6) is 0 Å². The molecule has 0 aliphatic heterocycles. The van der Waals surface area contributed by atoms with Gasteiger partial charge in [0.25, 0.3) is 6.43 Å². The molecule has 0 saturated carbocycles. The van der Waals surface area contributed by atoms with Crippen molar-refractivity contribution in [2.24, 2.45) is 5.14 Å². The van der Waals surface area contributed by atoms with Gasteiger partial charge in [-0.3, -0.25) is 0 Å². The molecule has 5 nitrogen and oxygen atoms in total. The summed E-state index contributed by atoms with van der Waals surface area (Å²) in [6, 6.07) is 0.862. The zero-order chi connectivity index (χ0) is 11.8. The lowest BCUT2D eigenvalue weighted by Crippen LogP contribution is -2.16. The van der Waals surface area contributed by atoms with E-state index < -0.39 is 32.9 Å². The Morgan fingerprint density at radius 3 is 2.33 bits per heavy atom. The lowest BCUT2D eigenvalue weighted by atomic mass is 10.3. The number of primary sulfonamides is 1. The molecule has 0 spiro atoms. The lowest BCUT2D eigenvalue weighted by molar-refractivity contribution is 0.146. The van der Waals surface area contributed by atoms with E-state index in [1.807, 2.05) is 0 Å². The molecular weight excluding hydrogens is 296 g/mol. The van der Waals surface area contributed by atoms with E-state index in [0.717, 1.165) is 6.07 Å². The minimum absolute atomic E-state index is 0.132. The van der Waals surface area contributed by atoms with Crippen molar-refractivity contribution in [3.8, 4) is 0 Å². The molecule has 0 atom stereocenters. The van der Waals surface area contributed by atoms with Gasteiger partial charge in [0.2, 0.25) is 10.0 Å². The van der Waals surface area contributed by atoms with Crippen LogP contribution in [0.1, 0.15) is 12.1 Å². The Hall–Kier alpha value is -0.800. The van der Waals surface area contributed by atoms with Gasteiger partial charge in [-0.1, -0.05) is 0 Å². The molecule has 0 aromatic carbocycles. The van der Waals surface area contributed by atoms with Gasteiger partial charge in [0.15, 0.2) is 0 Å². The van der Waals surface area contributed by atoms with Gasteiger partial charge >= 0.3 is 0 Å². The summed E-state index contributed by atoms with van der Waals surface area (Å²) in [6.07, 6.45) is -2.84. The van der Waals surface area contributed by atoms with Crippen LogP contribution in [0, 0.1) is 0 Å². The number of alkyl halides is 2. The van der Waals surface area contributed by atoms with Crippen LogP contribution in [0.4, 0.5) is 14.6 Å². The number of nitrogens with two attached hydrogens (primary N) is 2. The predicted octanol–water partition coefficient (Wildman–Crippen LogP) is 1.01. The van der Waals surface area contributed by atoms with E-state index in [1.165, 1.54) is 0 Å². The molecule has 1 aromatic heterocycles. The summed E-state index contributed by atoms with van der Waals surface area (Å²) in [5.41, 5.74) is 4.59. The molecule has 0 fully saturated rings. The molecule has 0 unspecified atom stereocenters. The van der Waals surface area contributed by atoms with E-state index in [4.69, 9.17) is 10.9 Å². The number of hydrogen-bond acceptors (Lipinski definition) is 4. The Labute approximate surface area is 92.7 Å². The van der Waals surface area contributed by atoms with Crippen molar-refractivity contribution in [3.63, 3.8) is 0 Å². The van der Waals surface area contributed by atoms with Crippen LogP contribution in [0.2, 0.25) is 0 Å². The van der Waals surface area contributed by atoms with Crippen molar-refractivity contribution in [1.82, 2.24) is 4.98 Å². The summed E-state index contributed by atoms with van der Waals surface area (Å²) in [5, 5.41) is 4.82. The highest BCUT2D eigenvalue weighted by Crippen LogP contribution is 2.29. The van der Waals surface area contributed by atoms with Crippen molar-refractivity contribution < 1.29 is 17.2 Å². The highest BCUT2D eigenvalue weighted by molar-refractivity contribution is 9.10. The monoisotopic (exact) mass is 301 g/mol. The van der Waals surface area contributed by atoms with Crippen molar-refractivity contribution in [2.75, 3.05) is 5.73 Å². The molecule has 1 aromatic rings. The molecule has 0 aliphatic carbocycles. The molecule has 1 heterocycles. The zero-order valence-electron chi connectivity index (χ0n) is 7.12. The maximum absolute atomic E-state index is 12.2. The van der Waals surface area contributed by atoms with E-state index in [1.54, 1.807) is 0 Å². The van der Waals surface area contributed by atoms with E-state index >= 15 is 0 Å². The van der Waals surface area contributed by atoms with Gasteiger partial charge in [0.05, 0.1) is 0 Å². The third-order valence-corrected chi connectivity index (χ3v) is 3.37. The van der Waals surface area contributed by atoms with E-state index in [0.29, 0.717) is 0 Å². The van der Waals surface area contributed by atoms with Gasteiger partial charge in [-0.25, -0.2) is 27.3 Å². The van der Waals surface area contributed by atoms with Crippen LogP contribution in [-0.2, 0) is 10.0 Å². The van der Waals surface area contributed by atoms with Gasteiger partial charge in [0, 0.05) is 4.47 Å².